The Bertz CT molecular complexity index is 1670. The number of hydrogen-bond acceptors (Lipinski definition) is 0. The van der Waals surface area contributed by atoms with Gasteiger partial charge in [-0.2, -0.15) is 0 Å². The predicted molar refractivity (Wildman–Crippen MR) is 173 cm³/mol. The van der Waals surface area contributed by atoms with Crippen molar-refractivity contribution in [3.63, 3.8) is 0 Å². The second-order valence-electron chi connectivity index (χ2n) is 8.99. The van der Waals surface area contributed by atoms with Crippen LogP contribution in [0.25, 0.3) is 41.5 Å². The van der Waals surface area contributed by atoms with Crippen LogP contribution in [0.3, 0.4) is 0 Å². The van der Waals surface area contributed by atoms with Crippen LogP contribution in [0.1, 0.15) is 0 Å². The van der Waals surface area contributed by atoms with E-state index in [1.165, 1.54) is 50.5 Å². The molecule has 0 bridgehead atoms. The Balaban J connectivity index is 0.000000176. The Morgan fingerprint density at radius 3 is 1.15 bits per heavy atom. The van der Waals surface area contributed by atoms with Crippen molar-refractivity contribution in [3.8, 4) is 22.3 Å². The molecule has 39 heavy (non-hydrogen) atoms. The molecule has 1 heterocycles. The van der Waals surface area contributed by atoms with Crippen LogP contribution in [0.2, 0.25) is 0 Å². The second-order valence-corrected chi connectivity index (χ2v) is 17.4. The number of fused-ring (bicyclic) bond motifs is 3. The zero-order valence-electron chi connectivity index (χ0n) is 21.2. The van der Waals surface area contributed by atoms with E-state index in [1.54, 1.807) is 0 Å². The summed E-state index contributed by atoms with van der Waals surface area (Å²) in [7, 11) is 0. The SMILES string of the molecule is c1ccc(-c2ccccc2[Se][Se]c2ccccc2-c2ccccc2)cc1.c1ccc2c(c1)[se]c1ccccc12. The minimum atomic E-state index is 0.449. The Morgan fingerprint density at radius 1 is 0.333 bits per heavy atom. The summed E-state index contributed by atoms with van der Waals surface area (Å²) >= 11 is 1.43. The van der Waals surface area contributed by atoms with E-state index in [1.807, 2.05) is 0 Å². The van der Waals surface area contributed by atoms with Crippen LogP contribution < -0.4 is 8.92 Å². The van der Waals surface area contributed by atoms with Crippen molar-refractivity contribution in [1.82, 2.24) is 0 Å². The molecule has 0 nitrogen and oxygen atoms in total. The molecule has 1 aromatic heterocycles. The Morgan fingerprint density at radius 2 is 0.692 bits per heavy atom. The van der Waals surface area contributed by atoms with Crippen LogP contribution in [-0.4, -0.2) is 40.8 Å². The van der Waals surface area contributed by atoms with Gasteiger partial charge in [0.1, 0.15) is 0 Å². The van der Waals surface area contributed by atoms with Crippen molar-refractivity contribution in [2.75, 3.05) is 0 Å². The molecule has 0 N–H and O–H groups in total. The first-order valence-electron chi connectivity index (χ1n) is 12.9. The molecular weight excluding hydrogens is 669 g/mol. The fraction of sp³-hybridized carbons (Fsp3) is 0. The van der Waals surface area contributed by atoms with Gasteiger partial charge in [0.15, 0.2) is 0 Å². The zero-order chi connectivity index (χ0) is 26.3. The molecule has 0 amide bonds. The first-order valence-corrected chi connectivity index (χ1v) is 20.6. The van der Waals surface area contributed by atoms with Crippen molar-refractivity contribution in [3.05, 3.63) is 158 Å². The molecule has 7 rings (SSSR count). The van der Waals surface area contributed by atoms with Crippen molar-refractivity contribution < 1.29 is 0 Å². The van der Waals surface area contributed by atoms with Gasteiger partial charge < -0.3 is 0 Å². The third-order valence-electron chi connectivity index (χ3n) is 6.45. The summed E-state index contributed by atoms with van der Waals surface area (Å²) in [5.41, 5.74) is 5.40. The maximum absolute atomic E-state index is 2.30. The normalized spacial score (nSPS) is 10.8. The molecule has 0 atom stereocenters. The van der Waals surface area contributed by atoms with E-state index < -0.39 is 0 Å². The molecular formula is C36H26Se3. The number of hydrogen-bond donors (Lipinski definition) is 0. The molecule has 0 unspecified atom stereocenters. The minimum absolute atomic E-state index is 0.449. The topological polar surface area (TPSA) is 0 Å². The molecule has 0 saturated carbocycles. The van der Waals surface area contributed by atoms with Gasteiger partial charge in [0.05, 0.1) is 0 Å². The fourth-order valence-electron chi connectivity index (χ4n) is 4.56. The Labute approximate surface area is 247 Å². The third-order valence-corrected chi connectivity index (χ3v) is 16.1. The standard InChI is InChI=1S/C24H18Se2.C12H8Se/c1-3-11-19(12-4-1)21-15-7-9-17-23(21)25-26-24-18-10-8-16-22(24)20-13-5-2-6-14-20;1-3-7-11-9(5-1)10-6-2-4-8-12(10)13-11/h1-18H;1-8H. The summed E-state index contributed by atoms with van der Waals surface area (Å²) in [6.07, 6.45) is 0. The van der Waals surface area contributed by atoms with E-state index in [0.29, 0.717) is 40.8 Å². The van der Waals surface area contributed by atoms with E-state index in [2.05, 4.69) is 158 Å². The van der Waals surface area contributed by atoms with Gasteiger partial charge in [0, 0.05) is 0 Å². The summed E-state index contributed by atoms with van der Waals surface area (Å²) < 4.78 is 6.04. The quantitative estimate of drug-likeness (QED) is 0.166. The van der Waals surface area contributed by atoms with E-state index in [9.17, 15) is 0 Å². The van der Waals surface area contributed by atoms with E-state index in [0.717, 1.165) is 0 Å². The van der Waals surface area contributed by atoms with Gasteiger partial charge in [0.2, 0.25) is 0 Å². The van der Waals surface area contributed by atoms with Crippen molar-refractivity contribution >= 4 is 69.0 Å². The summed E-state index contributed by atoms with van der Waals surface area (Å²) in [5, 5.41) is 2.89. The van der Waals surface area contributed by atoms with Crippen LogP contribution in [-0.2, 0) is 0 Å². The van der Waals surface area contributed by atoms with Gasteiger partial charge in [-0.3, -0.25) is 0 Å². The van der Waals surface area contributed by atoms with Gasteiger partial charge in [-0.25, -0.2) is 0 Å². The molecule has 0 radical (unpaired) electrons. The van der Waals surface area contributed by atoms with Crippen molar-refractivity contribution in [1.29, 1.82) is 0 Å². The molecule has 0 saturated heterocycles. The van der Waals surface area contributed by atoms with Crippen LogP contribution in [0.5, 0.6) is 0 Å². The molecule has 3 heteroatoms. The van der Waals surface area contributed by atoms with Gasteiger partial charge in [-0.15, -0.1) is 0 Å². The molecule has 0 aliphatic rings. The summed E-state index contributed by atoms with van der Waals surface area (Å²) in [4.78, 5) is 0. The molecule has 0 aliphatic heterocycles. The fourth-order valence-corrected chi connectivity index (χ4v) is 14.1. The average Bonchev–Trinajstić information content (AvgIpc) is 3.40. The van der Waals surface area contributed by atoms with E-state index in [-0.39, 0.29) is 0 Å². The van der Waals surface area contributed by atoms with Gasteiger partial charge >= 0.3 is 249 Å². The molecule has 7 aromatic rings. The summed E-state index contributed by atoms with van der Waals surface area (Å²) in [6, 6.07) is 56.7. The van der Waals surface area contributed by atoms with Crippen LogP contribution in [0, 0.1) is 0 Å². The van der Waals surface area contributed by atoms with E-state index in [4.69, 9.17) is 0 Å². The first-order chi connectivity index (χ1) is 19.4. The maximum atomic E-state index is 2.30. The predicted octanol–water partition coefficient (Wildman–Crippen LogP) is 7.34. The second kappa shape index (κ2) is 12.8. The molecule has 6 aromatic carbocycles. The molecule has 0 fully saturated rings. The van der Waals surface area contributed by atoms with Crippen molar-refractivity contribution in [2.45, 2.75) is 0 Å². The van der Waals surface area contributed by atoms with Crippen LogP contribution in [0.4, 0.5) is 0 Å². The summed E-state index contributed by atoms with van der Waals surface area (Å²) in [6.45, 7) is 0. The average molecular weight is 695 g/mol. The zero-order valence-corrected chi connectivity index (χ0v) is 26.4. The third kappa shape index (κ3) is 6.22. The molecule has 188 valence electrons. The monoisotopic (exact) mass is 698 g/mol. The van der Waals surface area contributed by atoms with E-state index >= 15 is 0 Å². The first kappa shape index (κ1) is 26.1. The number of rotatable bonds is 5. The molecule has 0 aliphatic carbocycles. The Kier molecular flexibility index (Phi) is 8.59. The number of benzene rings is 6. The molecule has 0 spiro atoms. The Hall–Kier alpha value is -3.12. The van der Waals surface area contributed by atoms with Gasteiger partial charge in [0.25, 0.3) is 0 Å². The van der Waals surface area contributed by atoms with Gasteiger partial charge in [-0.05, 0) is 0 Å². The van der Waals surface area contributed by atoms with Crippen LogP contribution in [0.15, 0.2) is 158 Å². The van der Waals surface area contributed by atoms with Crippen molar-refractivity contribution in [2.24, 2.45) is 0 Å². The van der Waals surface area contributed by atoms with Gasteiger partial charge in [-0.1, -0.05) is 0 Å². The summed E-state index contributed by atoms with van der Waals surface area (Å²) in [5.74, 6) is 0. The van der Waals surface area contributed by atoms with Crippen LogP contribution >= 0.6 is 0 Å².